The number of carbonyl (C=O) groups excluding carboxylic acids is 2. The van der Waals surface area contributed by atoms with Crippen molar-refractivity contribution >= 4 is 27.7 Å². The van der Waals surface area contributed by atoms with Crippen molar-refractivity contribution < 1.29 is 9.59 Å². The number of amides is 2. The van der Waals surface area contributed by atoms with Gasteiger partial charge in [0.05, 0.1) is 0 Å². The van der Waals surface area contributed by atoms with Gasteiger partial charge in [0.15, 0.2) is 0 Å². The highest BCUT2D eigenvalue weighted by atomic mass is 79.9. The van der Waals surface area contributed by atoms with Gasteiger partial charge in [-0.3, -0.25) is 9.59 Å². The number of halogens is 1. The predicted octanol–water partition coefficient (Wildman–Crippen LogP) is 3.61. The van der Waals surface area contributed by atoms with E-state index < -0.39 is 0 Å². The predicted molar refractivity (Wildman–Crippen MR) is 95.3 cm³/mol. The van der Waals surface area contributed by atoms with Crippen LogP contribution in [0.25, 0.3) is 0 Å². The van der Waals surface area contributed by atoms with Crippen molar-refractivity contribution in [2.75, 3.05) is 13.1 Å². The zero-order valence-corrected chi connectivity index (χ0v) is 15.4. The molecule has 126 valence electrons. The van der Waals surface area contributed by atoms with Gasteiger partial charge in [-0.25, -0.2) is 0 Å². The van der Waals surface area contributed by atoms with Crippen LogP contribution in [0.3, 0.4) is 0 Å². The summed E-state index contributed by atoms with van der Waals surface area (Å²) in [7, 11) is 0. The second kappa shape index (κ2) is 8.48. The van der Waals surface area contributed by atoms with Gasteiger partial charge in [0.1, 0.15) is 0 Å². The fourth-order valence-corrected chi connectivity index (χ4v) is 2.69. The Kier molecular flexibility index (Phi) is 6.63. The third-order valence-corrected chi connectivity index (χ3v) is 4.51. The Morgan fingerprint density at radius 3 is 2.48 bits per heavy atom. The fraction of sp³-hybridized carbons (Fsp3) is 0.556. The molecule has 1 aliphatic carbocycles. The third-order valence-electron chi connectivity index (χ3n) is 3.99. The first-order valence-electron chi connectivity index (χ1n) is 8.30. The van der Waals surface area contributed by atoms with Gasteiger partial charge >= 0.3 is 0 Å². The molecule has 2 rings (SSSR count). The Bertz CT molecular complexity index is 538. The normalized spacial score (nSPS) is 13.9. The minimum atomic E-state index is -0.134. The Hall–Kier alpha value is -1.36. The smallest absolute Gasteiger partial charge is 0.251 e. The summed E-state index contributed by atoms with van der Waals surface area (Å²) in [4.78, 5) is 26.4. The van der Waals surface area contributed by atoms with E-state index in [1.165, 1.54) is 0 Å². The van der Waals surface area contributed by atoms with Gasteiger partial charge in [0.25, 0.3) is 5.91 Å². The summed E-state index contributed by atoms with van der Waals surface area (Å²) in [6, 6.07) is 7.63. The lowest BCUT2D eigenvalue weighted by molar-refractivity contribution is -0.131. The summed E-state index contributed by atoms with van der Waals surface area (Å²) in [6.45, 7) is 5.57. The Balaban J connectivity index is 1.76. The van der Waals surface area contributed by atoms with Gasteiger partial charge in [-0.05, 0) is 49.4 Å². The first-order chi connectivity index (χ1) is 11.0. The second-order valence-corrected chi connectivity index (χ2v) is 7.43. The van der Waals surface area contributed by atoms with Crippen LogP contribution in [0.15, 0.2) is 28.7 Å². The summed E-state index contributed by atoms with van der Waals surface area (Å²) in [5.41, 5.74) is 0.611. The molecule has 0 heterocycles. The molecule has 0 atom stereocenters. The summed E-state index contributed by atoms with van der Waals surface area (Å²) >= 11 is 3.34. The summed E-state index contributed by atoms with van der Waals surface area (Å²) in [6.07, 6.45) is 3.65. The minimum Gasteiger partial charge on any atom is -0.352 e. The molecule has 1 N–H and O–H groups in total. The Labute approximate surface area is 146 Å². The molecule has 1 aliphatic rings. The molecule has 0 radical (unpaired) electrons. The highest BCUT2D eigenvalue weighted by molar-refractivity contribution is 9.10. The van der Waals surface area contributed by atoms with E-state index in [1.807, 2.05) is 17.0 Å². The van der Waals surface area contributed by atoms with E-state index in [9.17, 15) is 9.59 Å². The summed E-state index contributed by atoms with van der Waals surface area (Å²) < 4.78 is 0.939. The van der Waals surface area contributed by atoms with Crippen molar-refractivity contribution in [3.05, 3.63) is 34.3 Å². The molecular weight excluding hydrogens is 356 g/mol. The molecule has 5 heteroatoms. The maximum absolute atomic E-state index is 12.4. The van der Waals surface area contributed by atoms with Crippen LogP contribution in [0, 0.1) is 5.92 Å². The van der Waals surface area contributed by atoms with Gasteiger partial charge in [-0.1, -0.05) is 29.8 Å². The molecule has 1 aromatic carbocycles. The maximum atomic E-state index is 12.4. The quantitative estimate of drug-likeness (QED) is 0.748. The Morgan fingerprint density at radius 1 is 1.26 bits per heavy atom. The lowest BCUT2D eigenvalue weighted by Gasteiger charge is -2.23. The van der Waals surface area contributed by atoms with Crippen LogP contribution in [0.5, 0.6) is 0 Å². The van der Waals surface area contributed by atoms with Crippen molar-refractivity contribution in [3.8, 4) is 0 Å². The number of hydrogen-bond donors (Lipinski definition) is 1. The van der Waals surface area contributed by atoms with Gasteiger partial charge < -0.3 is 10.2 Å². The molecule has 2 amide bonds. The monoisotopic (exact) mass is 380 g/mol. The van der Waals surface area contributed by atoms with Crippen LogP contribution in [-0.2, 0) is 4.79 Å². The van der Waals surface area contributed by atoms with Crippen LogP contribution in [0.4, 0.5) is 0 Å². The van der Waals surface area contributed by atoms with Crippen molar-refractivity contribution in [2.24, 2.45) is 5.92 Å². The third kappa shape index (κ3) is 5.98. The number of nitrogens with zero attached hydrogens (tertiary/aromatic N) is 1. The molecular formula is C18H25BrN2O2. The molecule has 1 fully saturated rings. The van der Waals surface area contributed by atoms with Gasteiger partial charge in [-0.15, -0.1) is 0 Å². The average Bonchev–Trinajstić information content (AvgIpc) is 3.32. The molecule has 0 bridgehead atoms. The lowest BCUT2D eigenvalue weighted by Crippen LogP contribution is -2.37. The SMILES string of the molecule is CC(C)CCN(C(=O)CCNC(=O)c1ccc(Br)cc1)C1CC1. The average molecular weight is 381 g/mol. The standard InChI is InChI=1S/C18H25BrN2O2/c1-13(2)10-12-21(16-7-8-16)17(22)9-11-20-18(23)14-3-5-15(19)6-4-14/h3-6,13,16H,7-12H2,1-2H3,(H,20,23). The van der Waals surface area contributed by atoms with Crippen LogP contribution in [0.1, 0.15) is 49.9 Å². The zero-order chi connectivity index (χ0) is 16.8. The second-order valence-electron chi connectivity index (χ2n) is 6.51. The van der Waals surface area contributed by atoms with Crippen molar-refractivity contribution in [1.82, 2.24) is 10.2 Å². The lowest BCUT2D eigenvalue weighted by atomic mass is 10.1. The minimum absolute atomic E-state index is 0.134. The summed E-state index contributed by atoms with van der Waals surface area (Å²) in [5, 5.41) is 2.83. The molecule has 1 saturated carbocycles. The molecule has 4 nitrogen and oxygen atoms in total. The van der Waals surface area contributed by atoms with Crippen LogP contribution in [0.2, 0.25) is 0 Å². The van der Waals surface area contributed by atoms with E-state index >= 15 is 0 Å². The maximum Gasteiger partial charge on any atom is 0.251 e. The van der Waals surface area contributed by atoms with E-state index in [0.717, 1.165) is 30.3 Å². The van der Waals surface area contributed by atoms with Gasteiger partial charge in [0, 0.05) is 35.6 Å². The summed E-state index contributed by atoms with van der Waals surface area (Å²) in [5.74, 6) is 0.621. The van der Waals surface area contributed by atoms with Crippen molar-refractivity contribution in [1.29, 1.82) is 0 Å². The highest BCUT2D eigenvalue weighted by Gasteiger charge is 2.31. The first-order valence-corrected chi connectivity index (χ1v) is 9.10. The molecule has 23 heavy (non-hydrogen) atoms. The van der Waals surface area contributed by atoms with E-state index in [1.54, 1.807) is 12.1 Å². The molecule has 0 spiro atoms. The number of hydrogen-bond acceptors (Lipinski definition) is 2. The van der Waals surface area contributed by atoms with E-state index in [2.05, 4.69) is 35.1 Å². The molecule has 0 aromatic heterocycles. The van der Waals surface area contributed by atoms with Gasteiger partial charge in [-0.2, -0.15) is 0 Å². The van der Waals surface area contributed by atoms with Gasteiger partial charge in [0.2, 0.25) is 5.91 Å². The van der Waals surface area contributed by atoms with Crippen LogP contribution >= 0.6 is 15.9 Å². The number of nitrogens with one attached hydrogen (secondary N) is 1. The van der Waals surface area contributed by atoms with Crippen LogP contribution in [-0.4, -0.2) is 35.8 Å². The van der Waals surface area contributed by atoms with E-state index in [-0.39, 0.29) is 11.8 Å². The van der Waals surface area contributed by atoms with Crippen LogP contribution < -0.4 is 5.32 Å². The number of carbonyl (C=O) groups is 2. The van der Waals surface area contributed by atoms with Crippen molar-refractivity contribution in [2.45, 2.75) is 45.6 Å². The molecule has 0 aliphatic heterocycles. The molecule has 0 saturated heterocycles. The van der Waals surface area contributed by atoms with E-state index in [4.69, 9.17) is 0 Å². The topological polar surface area (TPSA) is 49.4 Å². The van der Waals surface area contributed by atoms with Crippen molar-refractivity contribution in [3.63, 3.8) is 0 Å². The Morgan fingerprint density at radius 2 is 1.91 bits per heavy atom. The zero-order valence-electron chi connectivity index (χ0n) is 13.8. The molecule has 0 unspecified atom stereocenters. The largest absolute Gasteiger partial charge is 0.352 e. The fourth-order valence-electron chi connectivity index (χ4n) is 2.42. The first kappa shape index (κ1) is 18.0. The molecule has 1 aromatic rings. The number of rotatable bonds is 8. The highest BCUT2D eigenvalue weighted by Crippen LogP contribution is 2.28. The van der Waals surface area contributed by atoms with E-state index in [0.29, 0.717) is 30.5 Å². The number of benzene rings is 1.